The van der Waals surface area contributed by atoms with E-state index in [1.165, 1.54) is 11.6 Å². The number of nitrogen functional groups attached to an aromatic ring is 1. The Hall–Kier alpha value is -2.38. The summed E-state index contributed by atoms with van der Waals surface area (Å²) in [7, 11) is 1.27. The number of hydrogen-bond acceptors (Lipinski definition) is 6. The fourth-order valence-electron chi connectivity index (χ4n) is 1.86. The molecule has 0 unspecified atom stereocenters. The van der Waals surface area contributed by atoms with E-state index in [1.807, 2.05) is 6.92 Å². The number of nitrogens with zero attached hydrogens (tertiary/aromatic N) is 2. The van der Waals surface area contributed by atoms with Crippen molar-refractivity contribution in [1.29, 1.82) is 0 Å². The molecule has 0 fully saturated rings. The van der Waals surface area contributed by atoms with Crippen LogP contribution < -0.4 is 17.0 Å². The van der Waals surface area contributed by atoms with Gasteiger partial charge < -0.3 is 10.5 Å². The molecular formula is C14H21N3O5. The number of Topliss-reactive ketones (excluding diaryl/α,β-unsaturated/α-hetero) is 1. The highest BCUT2D eigenvalue weighted by molar-refractivity contribution is 6.01. The summed E-state index contributed by atoms with van der Waals surface area (Å²) in [6, 6.07) is 0. The maximum absolute atomic E-state index is 12.1. The fraction of sp³-hybridized carbons (Fsp3) is 0.571. The Bertz CT molecular complexity index is 700. The lowest BCUT2D eigenvalue weighted by molar-refractivity contribution is -0.146. The number of nitrogens with two attached hydrogens (primary N) is 1. The SMILES string of the molecule is CCCn1c(N)c(C(=O)COC(=O)C(C)C)c(=O)n(C)c1=O. The molecule has 0 aromatic carbocycles. The van der Waals surface area contributed by atoms with Crippen molar-refractivity contribution in [3.63, 3.8) is 0 Å². The summed E-state index contributed by atoms with van der Waals surface area (Å²) in [5.41, 5.74) is 4.09. The summed E-state index contributed by atoms with van der Waals surface area (Å²) >= 11 is 0. The summed E-state index contributed by atoms with van der Waals surface area (Å²) in [6.45, 7) is 4.79. The molecule has 8 heteroatoms. The van der Waals surface area contributed by atoms with Crippen molar-refractivity contribution in [2.75, 3.05) is 12.3 Å². The molecule has 1 aromatic rings. The minimum atomic E-state index is -0.791. The third-order valence-corrected chi connectivity index (χ3v) is 3.13. The molecule has 122 valence electrons. The van der Waals surface area contributed by atoms with Crippen molar-refractivity contribution in [1.82, 2.24) is 9.13 Å². The molecule has 0 spiro atoms. The number of esters is 1. The molecular weight excluding hydrogens is 290 g/mol. The lowest BCUT2D eigenvalue weighted by Gasteiger charge is -2.14. The zero-order valence-corrected chi connectivity index (χ0v) is 13.2. The molecule has 1 aromatic heterocycles. The van der Waals surface area contributed by atoms with E-state index in [0.29, 0.717) is 6.42 Å². The zero-order chi connectivity index (χ0) is 17.0. The Balaban J connectivity index is 3.24. The second kappa shape index (κ2) is 7.06. The number of rotatable bonds is 6. The molecule has 0 bridgehead atoms. The van der Waals surface area contributed by atoms with Gasteiger partial charge in [0, 0.05) is 13.6 Å². The van der Waals surface area contributed by atoms with Crippen LogP contribution in [0.25, 0.3) is 0 Å². The predicted molar refractivity (Wildman–Crippen MR) is 80.8 cm³/mol. The average molecular weight is 311 g/mol. The van der Waals surface area contributed by atoms with Crippen LogP contribution in [0.5, 0.6) is 0 Å². The first-order valence-corrected chi connectivity index (χ1v) is 7.01. The van der Waals surface area contributed by atoms with Gasteiger partial charge in [-0.3, -0.25) is 23.5 Å². The monoisotopic (exact) mass is 311 g/mol. The molecule has 0 amide bonds. The Kier molecular flexibility index (Phi) is 5.67. The van der Waals surface area contributed by atoms with Gasteiger partial charge in [-0.05, 0) is 6.42 Å². The van der Waals surface area contributed by atoms with E-state index in [4.69, 9.17) is 10.5 Å². The van der Waals surface area contributed by atoms with Gasteiger partial charge in [-0.1, -0.05) is 20.8 Å². The topological polar surface area (TPSA) is 113 Å². The average Bonchev–Trinajstić information content (AvgIpc) is 2.47. The number of ketones is 1. The second-order valence-electron chi connectivity index (χ2n) is 5.24. The van der Waals surface area contributed by atoms with Crippen molar-refractivity contribution < 1.29 is 14.3 Å². The minimum Gasteiger partial charge on any atom is -0.457 e. The van der Waals surface area contributed by atoms with Crippen LogP contribution in [0.4, 0.5) is 5.82 Å². The van der Waals surface area contributed by atoms with Gasteiger partial charge in [0.2, 0.25) is 5.78 Å². The van der Waals surface area contributed by atoms with Crippen molar-refractivity contribution in [3.05, 3.63) is 26.4 Å². The van der Waals surface area contributed by atoms with Gasteiger partial charge in [0.15, 0.2) is 6.61 Å². The van der Waals surface area contributed by atoms with E-state index in [0.717, 1.165) is 4.57 Å². The smallest absolute Gasteiger partial charge is 0.332 e. The van der Waals surface area contributed by atoms with Gasteiger partial charge in [-0.15, -0.1) is 0 Å². The fourth-order valence-corrected chi connectivity index (χ4v) is 1.86. The molecule has 0 radical (unpaired) electrons. The first-order valence-electron chi connectivity index (χ1n) is 7.01. The van der Waals surface area contributed by atoms with Crippen molar-refractivity contribution in [3.8, 4) is 0 Å². The summed E-state index contributed by atoms with van der Waals surface area (Å²) in [5.74, 6) is -1.86. The Morgan fingerprint density at radius 2 is 1.86 bits per heavy atom. The molecule has 0 saturated carbocycles. The predicted octanol–water partition coefficient (Wildman–Crippen LogP) is -0.0789. The lowest BCUT2D eigenvalue weighted by atomic mass is 10.2. The number of aromatic nitrogens is 2. The highest BCUT2D eigenvalue weighted by Gasteiger charge is 2.22. The summed E-state index contributed by atoms with van der Waals surface area (Å²) in [6.07, 6.45) is 0.609. The van der Waals surface area contributed by atoms with Gasteiger partial charge >= 0.3 is 11.7 Å². The second-order valence-corrected chi connectivity index (χ2v) is 5.24. The first-order chi connectivity index (χ1) is 10.2. The van der Waals surface area contributed by atoms with Crippen LogP contribution in [-0.4, -0.2) is 27.5 Å². The Labute approximate surface area is 127 Å². The van der Waals surface area contributed by atoms with E-state index >= 15 is 0 Å². The van der Waals surface area contributed by atoms with Crippen LogP contribution in [0, 0.1) is 5.92 Å². The van der Waals surface area contributed by atoms with E-state index in [2.05, 4.69) is 0 Å². The molecule has 1 heterocycles. The van der Waals surface area contributed by atoms with Crippen molar-refractivity contribution in [2.45, 2.75) is 33.7 Å². The van der Waals surface area contributed by atoms with Crippen LogP contribution in [0.15, 0.2) is 9.59 Å². The number of carbonyl (C=O) groups excluding carboxylic acids is 2. The quantitative estimate of drug-likeness (QED) is 0.580. The maximum Gasteiger partial charge on any atom is 0.332 e. The molecule has 0 atom stereocenters. The molecule has 0 aliphatic heterocycles. The minimum absolute atomic E-state index is 0.194. The van der Waals surface area contributed by atoms with Crippen LogP contribution in [0.2, 0.25) is 0 Å². The first kappa shape index (κ1) is 17.7. The van der Waals surface area contributed by atoms with Crippen LogP contribution in [0.3, 0.4) is 0 Å². The molecule has 0 aliphatic carbocycles. The summed E-state index contributed by atoms with van der Waals surface area (Å²) in [5, 5.41) is 0. The third-order valence-electron chi connectivity index (χ3n) is 3.13. The van der Waals surface area contributed by atoms with E-state index in [9.17, 15) is 19.2 Å². The van der Waals surface area contributed by atoms with Gasteiger partial charge in [0.25, 0.3) is 5.56 Å². The Morgan fingerprint density at radius 3 is 2.36 bits per heavy atom. The van der Waals surface area contributed by atoms with E-state index in [-0.39, 0.29) is 23.8 Å². The molecule has 1 rings (SSSR count). The van der Waals surface area contributed by atoms with Gasteiger partial charge in [0.05, 0.1) is 5.92 Å². The number of hydrogen-bond donors (Lipinski definition) is 1. The number of ether oxygens (including phenoxy) is 1. The Morgan fingerprint density at radius 1 is 1.27 bits per heavy atom. The van der Waals surface area contributed by atoms with Crippen LogP contribution in [0.1, 0.15) is 37.6 Å². The standard InChI is InChI=1S/C14H21N3O5/c1-5-6-17-11(15)10(12(19)16(4)14(17)21)9(18)7-22-13(20)8(2)3/h8H,5-7,15H2,1-4H3. The van der Waals surface area contributed by atoms with Gasteiger partial charge in [-0.2, -0.15) is 0 Å². The molecule has 0 saturated heterocycles. The molecule has 2 N–H and O–H groups in total. The highest BCUT2D eigenvalue weighted by Crippen LogP contribution is 2.07. The summed E-state index contributed by atoms with van der Waals surface area (Å²) in [4.78, 5) is 47.6. The lowest BCUT2D eigenvalue weighted by Crippen LogP contribution is -2.43. The summed E-state index contributed by atoms with van der Waals surface area (Å²) < 4.78 is 6.81. The largest absolute Gasteiger partial charge is 0.457 e. The molecule has 22 heavy (non-hydrogen) atoms. The zero-order valence-electron chi connectivity index (χ0n) is 13.2. The third kappa shape index (κ3) is 3.44. The number of anilines is 1. The van der Waals surface area contributed by atoms with E-state index in [1.54, 1.807) is 13.8 Å². The normalized spacial score (nSPS) is 10.8. The van der Waals surface area contributed by atoms with Gasteiger partial charge in [0.1, 0.15) is 11.4 Å². The van der Waals surface area contributed by atoms with Crippen molar-refractivity contribution in [2.24, 2.45) is 13.0 Å². The highest BCUT2D eigenvalue weighted by atomic mass is 16.5. The van der Waals surface area contributed by atoms with Gasteiger partial charge in [-0.25, -0.2) is 4.79 Å². The van der Waals surface area contributed by atoms with Crippen LogP contribution >= 0.6 is 0 Å². The maximum atomic E-state index is 12.1. The van der Waals surface area contributed by atoms with E-state index < -0.39 is 29.6 Å². The van der Waals surface area contributed by atoms with Crippen molar-refractivity contribution >= 4 is 17.6 Å². The molecule has 8 nitrogen and oxygen atoms in total. The van der Waals surface area contributed by atoms with Crippen LogP contribution in [-0.2, 0) is 23.1 Å². The molecule has 0 aliphatic rings. The number of carbonyl (C=O) groups is 2.